The lowest BCUT2D eigenvalue weighted by Gasteiger charge is -2.14. The lowest BCUT2D eigenvalue weighted by Crippen LogP contribution is -2.12. The van der Waals surface area contributed by atoms with E-state index >= 15 is 0 Å². The summed E-state index contributed by atoms with van der Waals surface area (Å²) in [7, 11) is 0. The van der Waals surface area contributed by atoms with Gasteiger partial charge in [0.05, 0.1) is 6.07 Å². The summed E-state index contributed by atoms with van der Waals surface area (Å²) in [4.78, 5) is 10.7. The third kappa shape index (κ3) is 4.01. The summed E-state index contributed by atoms with van der Waals surface area (Å²) in [5.74, 6) is -1.47. The van der Waals surface area contributed by atoms with Crippen molar-refractivity contribution >= 4 is 5.97 Å². The highest BCUT2D eigenvalue weighted by Crippen LogP contribution is 2.27. The predicted octanol–water partition coefficient (Wildman–Crippen LogP) is 2.46. The SMILES string of the molecule is CC(=O)OCC(C#N)c1ccccc1OC(F)F. The first-order valence-electron chi connectivity index (χ1n) is 5.11. The maximum absolute atomic E-state index is 12.2. The summed E-state index contributed by atoms with van der Waals surface area (Å²) in [6, 6.07) is 7.80. The smallest absolute Gasteiger partial charge is 0.387 e. The van der Waals surface area contributed by atoms with Crippen LogP contribution in [0.2, 0.25) is 0 Å². The minimum absolute atomic E-state index is 0.0915. The number of ether oxygens (including phenoxy) is 2. The molecule has 4 nitrogen and oxygen atoms in total. The van der Waals surface area contributed by atoms with E-state index in [0.29, 0.717) is 0 Å². The molecule has 0 bridgehead atoms. The van der Waals surface area contributed by atoms with E-state index in [9.17, 15) is 13.6 Å². The second kappa shape index (κ2) is 6.55. The number of hydrogen-bond acceptors (Lipinski definition) is 4. The fraction of sp³-hybridized carbons (Fsp3) is 0.333. The van der Waals surface area contributed by atoms with Crippen molar-refractivity contribution in [3.05, 3.63) is 29.8 Å². The molecule has 0 amide bonds. The van der Waals surface area contributed by atoms with E-state index in [0.717, 1.165) is 0 Å². The molecule has 0 aliphatic rings. The molecule has 0 spiro atoms. The van der Waals surface area contributed by atoms with Gasteiger partial charge in [0.2, 0.25) is 0 Å². The first-order chi connectivity index (χ1) is 8.54. The van der Waals surface area contributed by atoms with Crippen molar-refractivity contribution in [1.29, 1.82) is 5.26 Å². The topological polar surface area (TPSA) is 59.3 Å². The zero-order valence-corrected chi connectivity index (χ0v) is 9.60. The summed E-state index contributed by atoms with van der Waals surface area (Å²) in [6.45, 7) is -1.97. The van der Waals surface area contributed by atoms with E-state index in [1.165, 1.54) is 25.1 Å². The van der Waals surface area contributed by atoms with Gasteiger partial charge in [0, 0.05) is 12.5 Å². The molecule has 1 unspecified atom stereocenters. The molecule has 18 heavy (non-hydrogen) atoms. The number of alkyl halides is 2. The molecule has 0 saturated carbocycles. The molecule has 0 heterocycles. The van der Waals surface area contributed by atoms with Crippen molar-refractivity contribution in [3.8, 4) is 11.8 Å². The normalized spacial score (nSPS) is 11.7. The van der Waals surface area contributed by atoms with E-state index < -0.39 is 18.5 Å². The molecule has 0 aromatic heterocycles. The van der Waals surface area contributed by atoms with Gasteiger partial charge >= 0.3 is 12.6 Å². The van der Waals surface area contributed by atoms with Crippen LogP contribution in [-0.2, 0) is 9.53 Å². The van der Waals surface area contributed by atoms with Crippen LogP contribution in [0, 0.1) is 11.3 Å². The van der Waals surface area contributed by atoms with Gasteiger partial charge in [0.15, 0.2) is 0 Å². The summed E-state index contributed by atoms with van der Waals surface area (Å²) in [6.07, 6.45) is 0. The van der Waals surface area contributed by atoms with Crippen LogP contribution < -0.4 is 4.74 Å². The van der Waals surface area contributed by atoms with Crippen LogP contribution in [0.5, 0.6) is 5.75 Å². The van der Waals surface area contributed by atoms with Crippen LogP contribution in [0.15, 0.2) is 24.3 Å². The molecule has 0 fully saturated rings. The molecule has 0 N–H and O–H groups in total. The first-order valence-corrected chi connectivity index (χ1v) is 5.11. The third-order valence-corrected chi connectivity index (χ3v) is 2.12. The van der Waals surface area contributed by atoms with Gasteiger partial charge in [-0.25, -0.2) is 0 Å². The number of hydrogen-bond donors (Lipinski definition) is 0. The molecule has 0 radical (unpaired) electrons. The monoisotopic (exact) mass is 255 g/mol. The number of esters is 1. The minimum atomic E-state index is -2.97. The second-order valence-electron chi connectivity index (χ2n) is 3.40. The summed E-state index contributed by atoms with van der Waals surface area (Å²) in [5, 5.41) is 8.97. The molecule has 1 rings (SSSR count). The number of carbonyl (C=O) groups excluding carboxylic acids is 1. The average molecular weight is 255 g/mol. The number of nitrogens with zero attached hydrogens (tertiary/aromatic N) is 1. The summed E-state index contributed by atoms with van der Waals surface area (Å²) < 4.78 is 33.4. The van der Waals surface area contributed by atoms with Crippen molar-refractivity contribution in [3.63, 3.8) is 0 Å². The lowest BCUT2D eigenvalue weighted by molar-refractivity contribution is -0.141. The van der Waals surface area contributed by atoms with E-state index in [1.807, 2.05) is 6.07 Å². The van der Waals surface area contributed by atoms with Crippen LogP contribution >= 0.6 is 0 Å². The molecule has 0 saturated heterocycles. The Bertz CT molecular complexity index is 457. The van der Waals surface area contributed by atoms with Gasteiger partial charge in [-0.2, -0.15) is 14.0 Å². The molecular weight excluding hydrogens is 244 g/mol. The van der Waals surface area contributed by atoms with Crippen LogP contribution in [-0.4, -0.2) is 19.2 Å². The maximum atomic E-state index is 12.2. The fourth-order valence-corrected chi connectivity index (χ4v) is 1.37. The van der Waals surface area contributed by atoms with Crippen molar-refractivity contribution in [2.75, 3.05) is 6.61 Å². The van der Waals surface area contributed by atoms with Gasteiger partial charge in [-0.3, -0.25) is 4.79 Å². The molecule has 0 aliphatic heterocycles. The maximum Gasteiger partial charge on any atom is 0.387 e. The molecule has 96 valence electrons. The number of carbonyl (C=O) groups is 1. The van der Waals surface area contributed by atoms with Crippen LogP contribution in [0.1, 0.15) is 18.4 Å². The molecule has 1 aromatic carbocycles. The highest BCUT2D eigenvalue weighted by Gasteiger charge is 2.18. The second-order valence-corrected chi connectivity index (χ2v) is 3.40. The van der Waals surface area contributed by atoms with Crippen LogP contribution in [0.25, 0.3) is 0 Å². The highest BCUT2D eigenvalue weighted by molar-refractivity contribution is 5.66. The Balaban J connectivity index is 2.91. The largest absolute Gasteiger partial charge is 0.464 e. The van der Waals surface area contributed by atoms with E-state index in [-0.39, 0.29) is 17.9 Å². The first kappa shape index (κ1) is 13.9. The lowest BCUT2D eigenvalue weighted by atomic mass is 10.0. The van der Waals surface area contributed by atoms with Crippen LogP contribution in [0.3, 0.4) is 0 Å². The van der Waals surface area contributed by atoms with Gasteiger partial charge in [0.1, 0.15) is 18.3 Å². The van der Waals surface area contributed by atoms with Gasteiger partial charge in [-0.1, -0.05) is 18.2 Å². The van der Waals surface area contributed by atoms with Crippen molar-refractivity contribution < 1.29 is 23.0 Å². The average Bonchev–Trinajstić information content (AvgIpc) is 2.30. The Labute approximate surface area is 103 Å². The fourth-order valence-electron chi connectivity index (χ4n) is 1.37. The van der Waals surface area contributed by atoms with Crippen molar-refractivity contribution in [1.82, 2.24) is 0 Å². The molecule has 1 aromatic rings. The number of halogens is 2. The number of nitriles is 1. The standard InChI is InChI=1S/C12H11F2NO3/c1-8(16)17-7-9(6-15)10-4-2-3-5-11(10)18-12(13)14/h2-5,9,12H,7H2,1H3. The van der Waals surface area contributed by atoms with Crippen molar-refractivity contribution in [2.45, 2.75) is 19.5 Å². The number of benzene rings is 1. The molecule has 1 atom stereocenters. The highest BCUT2D eigenvalue weighted by atomic mass is 19.3. The van der Waals surface area contributed by atoms with Gasteiger partial charge in [-0.05, 0) is 6.07 Å². The van der Waals surface area contributed by atoms with E-state index in [1.54, 1.807) is 6.07 Å². The Morgan fingerprint density at radius 2 is 2.11 bits per heavy atom. The van der Waals surface area contributed by atoms with Crippen LogP contribution in [0.4, 0.5) is 8.78 Å². The predicted molar refractivity (Wildman–Crippen MR) is 58.1 cm³/mol. The van der Waals surface area contributed by atoms with E-state index in [2.05, 4.69) is 4.74 Å². The van der Waals surface area contributed by atoms with Gasteiger partial charge in [-0.15, -0.1) is 0 Å². The zero-order valence-electron chi connectivity index (χ0n) is 9.60. The van der Waals surface area contributed by atoms with Gasteiger partial charge in [0.25, 0.3) is 0 Å². The minimum Gasteiger partial charge on any atom is -0.464 e. The third-order valence-electron chi connectivity index (χ3n) is 2.12. The quantitative estimate of drug-likeness (QED) is 0.758. The van der Waals surface area contributed by atoms with Gasteiger partial charge < -0.3 is 9.47 Å². The molecular formula is C12H11F2NO3. The van der Waals surface area contributed by atoms with Crippen molar-refractivity contribution in [2.24, 2.45) is 0 Å². The van der Waals surface area contributed by atoms with E-state index in [4.69, 9.17) is 10.00 Å². The summed E-state index contributed by atoms with van der Waals surface area (Å²) in [5.41, 5.74) is 0.265. The Hall–Kier alpha value is -2.16. The number of rotatable bonds is 5. The molecule has 0 aliphatic carbocycles. The zero-order chi connectivity index (χ0) is 13.5. The Morgan fingerprint density at radius 3 is 2.67 bits per heavy atom. The number of para-hydroxylation sites is 1. The Kier molecular flexibility index (Phi) is 5.06. The molecule has 6 heteroatoms. The Morgan fingerprint density at radius 1 is 1.44 bits per heavy atom. The summed E-state index contributed by atoms with van der Waals surface area (Å²) >= 11 is 0.